The topological polar surface area (TPSA) is 61.5 Å². The fourth-order valence-corrected chi connectivity index (χ4v) is 3.80. The van der Waals surface area contributed by atoms with Crippen molar-refractivity contribution in [2.45, 2.75) is 4.90 Å². The second kappa shape index (κ2) is 9.25. The molecule has 4 aromatic rings. The summed E-state index contributed by atoms with van der Waals surface area (Å²) in [4.78, 5) is 1.26. The number of methoxy groups -OCH3 is 1. The lowest BCUT2D eigenvalue weighted by Gasteiger charge is -2.11. The third-order valence-corrected chi connectivity index (χ3v) is 5.32. The van der Waals surface area contributed by atoms with Gasteiger partial charge in [0, 0.05) is 10.6 Å². The SMILES string of the molecule is COc1cc(/C=N\n2cnnc2)ccc1OCCSc1cccc2ccccc12. The summed E-state index contributed by atoms with van der Waals surface area (Å²) in [5.74, 6) is 2.23. The number of hydrogen-bond donors (Lipinski definition) is 0. The highest BCUT2D eigenvalue weighted by Crippen LogP contribution is 2.30. The molecule has 0 aliphatic carbocycles. The molecule has 0 radical (unpaired) electrons. The Hall–Kier alpha value is -3.32. The highest BCUT2D eigenvalue weighted by atomic mass is 32.2. The van der Waals surface area contributed by atoms with E-state index in [4.69, 9.17) is 9.47 Å². The van der Waals surface area contributed by atoms with Crippen LogP contribution < -0.4 is 9.47 Å². The van der Waals surface area contributed by atoms with Crippen LogP contribution in [0.3, 0.4) is 0 Å². The van der Waals surface area contributed by atoms with E-state index in [2.05, 4.69) is 57.8 Å². The molecular formula is C22H20N4O2S. The van der Waals surface area contributed by atoms with E-state index in [0.29, 0.717) is 18.1 Å². The summed E-state index contributed by atoms with van der Waals surface area (Å²) in [5.41, 5.74) is 0.896. The fraction of sp³-hybridized carbons (Fsp3) is 0.136. The number of benzene rings is 3. The van der Waals surface area contributed by atoms with E-state index in [1.165, 1.54) is 33.0 Å². The lowest BCUT2D eigenvalue weighted by molar-refractivity contribution is 0.313. The van der Waals surface area contributed by atoms with Crippen LogP contribution in [0.1, 0.15) is 5.56 Å². The van der Waals surface area contributed by atoms with Gasteiger partial charge in [0.25, 0.3) is 0 Å². The van der Waals surface area contributed by atoms with Crippen LogP contribution >= 0.6 is 11.8 Å². The first-order valence-corrected chi connectivity index (χ1v) is 10.1. The van der Waals surface area contributed by atoms with E-state index >= 15 is 0 Å². The maximum atomic E-state index is 5.95. The summed E-state index contributed by atoms with van der Waals surface area (Å²) >= 11 is 1.79. The molecule has 3 aromatic carbocycles. The average molecular weight is 404 g/mol. The van der Waals surface area contributed by atoms with Crippen molar-refractivity contribution in [1.82, 2.24) is 14.9 Å². The number of ether oxygens (including phenoxy) is 2. The molecule has 0 fully saturated rings. The molecule has 0 saturated heterocycles. The summed E-state index contributed by atoms with van der Waals surface area (Å²) in [6, 6.07) is 20.5. The third kappa shape index (κ3) is 4.75. The molecule has 0 amide bonds. The van der Waals surface area contributed by atoms with Crippen LogP contribution in [0, 0.1) is 0 Å². The first-order chi connectivity index (χ1) is 14.3. The van der Waals surface area contributed by atoms with E-state index in [1.54, 1.807) is 25.1 Å². The Bertz CT molecular complexity index is 1110. The Balaban J connectivity index is 1.36. The standard InChI is InChI=1S/C22H20N4O2S/c1-27-21-13-17(14-25-26-15-23-24-16-26)9-10-20(21)28-11-12-29-22-8-4-6-18-5-2-3-7-19(18)22/h2-10,13-16H,11-12H2,1H3/b25-14-. The van der Waals surface area contributed by atoms with E-state index in [-0.39, 0.29) is 0 Å². The summed E-state index contributed by atoms with van der Waals surface area (Å²) in [6.45, 7) is 0.582. The summed E-state index contributed by atoms with van der Waals surface area (Å²) in [6.07, 6.45) is 4.77. The molecular weight excluding hydrogens is 384 g/mol. The number of rotatable bonds is 8. The molecule has 0 aliphatic rings. The van der Waals surface area contributed by atoms with E-state index < -0.39 is 0 Å². The molecule has 7 heteroatoms. The number of aromatic nitrogens is 3. The van der Waals surface area contributed by atoms with Crippen LogP contribution in [0.25, 0.3) is 10.8 Å². The summed E-state index contributed by atoms with van der Waals surface area (Å²) < 4.78 is 13.0. The maximum absolute atomic E-state index is 5.95. The monoisotopic (exact) mass is 404 g/mol. The highest BCUT2D eigenvalue weighted by Gasteiger charge is 2.06. The normalized spacial score (nSPS) is 11.2. The molecule has 1 aromatic heterocycles. The molecule has 1 heterocycles. The van der Waals surface area contributed by atoms with Crippen LogP contribution in [0.5, 0.6) is 11.5 Å². The minimum absolute atomic E-state index is 0.582. The molecule has 0 saturated carbocycles. The molecule has 146 valence electrons. The lowest BCUT2D eigenvalue weighted by Crippen LogP contribution is -2.02. The number of thioether (sulfide) groups is 1. The molecule has 0 unspecified atom stereocenters. The molecule has 0 atom stereocenters. The molecule has 0 N–H and O–H groups in total. The summed E-state index contributed by atoms with van der Waals surface area (Å²) in [7, 11) is 1.63. The van der Waals surface area contributed by atoms with Crippen molar-refractivity contribution < 1.29 is 9.47 Å². The number of fused-ring (bicyclic) bond motifs is 1. The minimum atomic E-state index is 0.582. The van der Waals surface area contributed by atoms with Gasteiger partial charge in [0.15, 0.2) is 11.5 Å². The fourth-order valence-electron chi connectivity index (χ4n) is 2.90. The van der Waals surface area contributed by atoms with Crippen molar-refractivity contribution in [2.24, 2.45) is 5.10 Å². The van der Waals surface area contributed by atoms with Crippen molar-refractivity contribution in [2.75, 3.05) is 19.5 Å². The van der Waals surface area contributed by atoms with Gasteiger partial charge in [-0.1, -0.05) is 36.4 Å². The van der Waals surface area contributed by atoms with E-state index in [0.717, 1.165) is 11.3 Å². The average Bonchev–Trinajstić information content (AvgIpc) is 3.29. The van der Waals surface area contributed by atoms with Gasteiger partial charge in [-0.25, -0.2) is 4.68 Å². The van der Waals surface area contributed by atoms with Gasteiger partial charge in [-0.2, -0.15) is 5.10 Å². The zero-order valence-electron chi connectivity index (χ0n) is 15.9. The summed E-state index contributed by atoms with van der Waals surface area (Å²) in [5, 5.41) is 14.2. The predicted molar refractivity (Wildman–Crippen MR) is 116 cm³/mol. The molecule has 6 nitrogen and oxygen atoms in total. The van der Waals surface area contributed by atoms with Gasteiger partial charge in [0.1, 0.15) is 12.7 Å². The van der Waals surface area contributed by atoms with Crippen LogP contribution in [0.15, 0.2) is 83.3 Å². The maximum Gasteiger partial charge on any atom is 0.161 e. The third-order valence-electron chi connectivity index (χ3n) is 4.28. The van der Waals surface area contributed by atoms with Crippen LogP contribution in [0.2, 0.25) is 0 Å². The van der Waals surface area contributed by atoms with Crippen molar-refractivity contribution in [3.8, 4) is 11.5 Å². The Labute approximate surface area is 173 Å². The zero-order chi connectivity index (χ0) is 19.9. The predicted octanol–water partition coefficient (Wildman–Crippen LogP) is 4.49. The van der Waals surface area contributed by atoms with Gasteiger partial charge in [-0.3, -0.25) is 0 Å². The molecule has 0 aliphatic heterocycles. The smallest absolute Gasteiger partial charge is 0.161 e. The molecule has 29 heavy (non-hydrogen) atoms. The van der Waals surface area contributed by atoms with Crippen molar-refractivity contribution in [1.29, 1.82) is 0 Å². The largest absolute Gasteiger partial charge is 0.493 e. The van der Waals surface area contributed by atoms with Crippen molar-refractivity contribution >= 4 is 28.7 Å². The molecule has 0 spiro atoms. The van der Waals surface area contributed by atoms with Gasteiger partial charge in [0.05, 0.1) is 19.9 Å². The van der Waals surface area contributed by atoms with Gasteiger partial charge < -0.3 is 9.47 Å². The second-order valence-corrected chi connectivity index (χ2v) is 7.31. The van der Waals surface area contributed by atoms with Crippen LogP contribution in [-0.4, -0.2) is 40.6 Å². The first kappa shape index (κ1) is 19.0. The zero-order valence-corrected chi connectivity index (χ0v) is 16.7. The van der Waals surface area contributed by atoms with Gasteiger partial charge >= 0.3 is 0 Å². The van der Waals surface area contributed by atoms with Crippen molar-refractivity contribution in [3.63, 3.8) is 0 Å². The lowest BCUT2D eigenvalue weighted by atomic mass is 10.1. The first-order valence-electron chi connectivity index (χ1n) is 9.14. The van der Waals surface area contributed by atoms with E-state index in [1.807, 2.05) is 18.2 Å². The number of nitrogens with zero attached hydrogens (tertiary/aromatic N) is 4. The second-order valence-electron chi connectivity index (χ2n) is 6.17. The Kier molecular flexibility index (Phi) is 6.07. The molecule has 0 bridgehead atoms. The van der Waals surface area contributed by atoms with Crippen LogP contribution in [-0.2, 0) is 0 Å². The van der Waals surface area contributed by atoms with Crippen molar-refractivity contribution in [3.05, 3.63) is 78.9 Å². The van der Waals surface area contributed by atoms with Gasteiger partial charge in [-0.05, 0) is 40.6 Å². The molecule has 4 rings (SSSR count). The number of hydrogen-bond acceptors (Lipinski definition) is 6. The highest BCUT2D eigenvalue weighted by molar-refractivity contribution is 7.99. The Morgan fingerprint density at radius 3 is 2.69 bits per heavy atom. The van der Waals surface area contributed by atoms with E-state index in [9.17, 15) is 0 Å². The quantitative estimate of drug-likeness (QED) is 0.246. The van der Waals surface area contributed by atoms with Crippen LogP contribution in [0.4, 0.5) is 0 Å². The van der Waals surface area contributed by atoms with Gasteiger partial charge in [-0.15, -0.1) is 22.0 Å². The minimum Gasteiger partial charge on any atom is -0.493 e. The van der Waals surface area contributed by atoms with Gasteiger partial charge in [0.2, 0.25) is 0 Å². The Morgan fingerprint density at radius 1 is 1.00 bits per heavy atom. The Morgan fingerprint density at radius 2 is 1.83 bits per heavy atom.